The molecule has 102 valence electrons. The van der Waals surface area contributed by atoms with E-state index >= 15 is 0 Å². The Labute approximate surface area is 111 Å². The van der Waals surface area contributed by atoms with Crippen LogP contribution in [0.15, 0.2) is 18.2 Å². The highest BCUT2D eigenvalue weighted by Crippen LogP contribution is 2.19. The number of ether oxygens (including phenoxy) is 1. The molecule has 0 aromatic heterocycles. The van der Waals surface area contributed by atoms with E-state index in [1.54, 1.807) is 7.11 Å². The van der Waals surface area contributed by atoms with Gasteiger partial charge in [0, 0.05) is 13.2 Å². The van der Waals surface area contributed by atoms with Crippen molar-refractivity contribution in [3.8, 4) is 0 Å². The molecular weight excluding hydrogens is 224 g/mol. The third-order valence-electron chi connectivity index (χ3n) is 3.29. The molecule has 1 unspecified atom stereocenters. The normalized spacial score (nSPS) is 13.7. The maximum absolute atomic E-state index is 5.65. The van der Waals surface area contributed by atoms with Crippen LogP contribution in [-0.4, -0.2) is 18.8 Å². The number of aryl methyl sites for hydroxylation is 2. The molecule has 3 N–H and O–H groups in total. The number of nitrogens with one attached hydrogen (secondary N) is 1. The van der Waals surface area contributed by atoms with Gasteiger partial charge in [0.2, 0.25) is 0 Å². The topological polar surface area (TPSA) is 47.3 Å². The van der Waals surface area contributed by atoms with Gasteiger partial charge in [-0.05, 0) is 46.1 Å². The van der Waals surface area contributed by atoms with E-state index in [2.05, 4.69) is 51.3 Å². The molecule has 0 aliphatic heterocycles. The zero-order valence-corrected chi connectivity index (χ0v) is 12.2. The predicted octanol–water partition coefficient (Wildman–Crippen LogP) is 2.49. The number of hydrogen-bond donors (Lipinski definition) is 2. The number of methoxy groups -OCH3 is 1. The molecule has 0 bridgehead atoms. The third-order valence-corrected chi connectivity index (χ3v) is 3.29. The predicted molar refractivity (Wildman–Crippen MR) is 76.4 cm³/mol. The molecule has 0 amide bonds. The Balaban J connectivity index is 2.73. The van der Waals surface area contributed by atoms with E-state index in [1.807, 2.05) is 0 Å². The summed E-state index contributed by atoms with van der Waals surface area (Å²) in [4.78, 5) is 0. The Morgan fingerprint density at radius 1 is 1.22 bits per heavy atom. The Morgan fingerprint density at radius 2 is 1.78 bits per heavy atom. The average molecular weight is 250 g/mol. The summed E-state index contributed by atoms with van der Waals surface area (Å²) < 4.78 is 5.46. The minimum Gasteiger partial charge on any atom is -0.379 e. The first-order chi connectivity index (χ1) is 8.36. The Morgan fingerprint density at radius 3 is 2.22 bits per heavy atom. The summed E-state index contributed by atoms with van der Waals surface area (Å²) in [6, 6.07) is 6.85. The number of nitrogens with two attached hydrogens (primary N) is 1. The smallest absolute Gasteiger partial charge is 0.0638 e. The molecule has 0 heterocycles. The molecule has 3 heteroatoms. The van der Waals surface area contributed by atoms with E-state index in [1.165, 1.54) is 16.7 Å². The van der Waals surface area contributed by atoms with Crippen LogP contribution in [0.1, 0.15) is 37.0 Å². The second kappa shape index (κ2) is 6.32. The fourth-order valence-corrected chi connectivity index (χ4v) is 2.34. The SMILES string of the molecule is COC(C)(C)CC(Cc1cc(C)cc(C)c1)NN. The lowest BCUT2D eigenvalue weighted by molar-refractivity contribution is 0.00711. The van der Waals surface area contributed by atoms with Crippen molar-refractivity contribution in [3.63, 3.8) is 0 Å². The fraction of sp³-hybridized carbons (Fsp3) is 0.600. The quantitative estimate of drug-likeness (QED) is 0.602. The molecule has 1 aromatic carbocycles. The fourth-order valence-electron chi connectivity index (χ4n) is 2.34. The van der Waals surface area contributed by atoms with Crippen LogP contribution in [0, 0.1) is 13.8 Å². The molecule has 0 aliphatic carbocycles. The number of hydrazine groups is 1. The highest BCUT2D eigenvalue weighted by atomic mass is 16.5. The summed E-state index contributed by atoms with van der Waals surface area (Å²) in [5.41, 5.74) is 6.66. The largest absolute Gasteiger partial charge is 0.379 e. The van der Waals surface area contributed by atoms with Gasteiger partial charge in [0.15, 0.2) is 0 Å². The van der Waals surface area contributed by atoms with Gasteiger partial charge in [0.1, 0.15) is 0 Å². The van der Waals surface area contributed by atoms with Crippen LogP contribution >= 0.6 is 0 Å². The second-order valence-electron chi connectivity index (χ2n) is 5.73. The lowest BCUT2D eigenvalue weighted by atomic mass is 9.93. The van der Waals surface area contributed by atoms with E-state index in [9.17, 15) is 0 Å². The van der Waals surface area contributed by atoms with Gasteiger partial charge in [-0.3, -0.25) is 11.3 Å². The Hall–Kier alpha value is -0.900. The van der Waals surface area contributed by atoms with E-state index in [0.717, 1.165) is 12.8 Å². The molecule has 0 fully saturated rings. The summed E-state index contributed by atoms with van der Waals surface area (Å²) in [5.74, 6) is 5.65. The first-order valence-electron chi connectivity index (χ1n) is 6.45. The van der Waals surface area contributed by atoms with Gasteiger partial charge in [-0.15, -0.1) is 0 Å². The maximum atomic E-state index is 5.65. The van der Waals surface area contributed by atoms with Crippen molar-refractivity contribution in [1.82, 2.24) is 5.43 Å². The van der Waals surface area contributed by atoms with E-state index < -0.39 is 0 Å². The van der Waals surface area contributed by atoms with Crippen molar-refractivity contribution in [1.29, 1.82) is 0 Å². The molecule has 0 saturated heterocycles. The zero-order valence-electron chi connectivity index (χ0n) is 12.2. The van der Waals surface area contributed by atoms with Gasteiger partial charge >= 0.3 is 0 Å². The third kappa shape index (κ3) is 4.77. The van der Waals surface area contributed by atoms with Crippen LogP contribution in [0.3, 0.4) is 0 Å². The van der Waals surface area contributed by atoms with E-state index in [-0.39, 0.29) is 11.6 Å². The van der Waals surface area contributed by atoms with Gasteiger partial charge < -0.3 is 4.74 Å². The molecule has 18 heavy (non-hydrogen) atoms. The van der Waals surface area contributed by atoms with Crippen molar-refractivity contribution in [3.05, 3.63) is 34.9 Å². The number of hydrogen-bond acceptors (Lipinski definition) is 3. The maximum Gasteiger partial charge on any atom is 0.0638 e. The van der Waals surface area contributed by atoms with Crippen molar-refractivity contribution in [2.45, 2.75) is 52.2 Å². The summed E-state index contributed by atoms with van der Waals surface area (Å²) in [5, 5.41) is 0. The minimum atomic E-state index is -0.157. The van der Waals surface area contributed by atoms with E-state index in [0.29, 0.717) is 0 Å². The molecule has 1 aromatic rings. The lowest BCUT2D eigenvalue weighted by Crippen LogP contribution is -2.42. The molecule has 1 atom stereocenters. The molecule has 3 nitrogen and oxygen atoms in total. The van der Waals surface area contributed by atoms with Crippen molar-refractivity contribution in [2.24, 2.45) is 5.84 Å². The number of benzene rings is 1. The standard InChI is InChI=1S/C15H26N2O/c1-11-6-12(2)8-13(7-11)9-14(17-16)10-15(3,4)18-5/h6-8,14,17H,9-10,16H2,1-5H3. The van der Waals surface area contributed by atoms with Crippen LogP contribution in [0.25, 0.3) is 0 Å². The first kappa shape index (κ1) is 15.2. The van der Waals surface area contributed by atoms with Gasteiger partial charge in [-0.2, -0.15) is 0 Å². The monoisotopic (exact) mass is 250 g/mol. The van der Waals surface area contributed by atoms with Crippen LogP contribution in [0.2, 0.25) is 0 Å². The van der Waals surface area contributed by atoms with Crippen molar-refractivity contribution < 1.29 is 4.74 Å². The molecule has 0 radical (unpaired) electrons. The summed E-state index contributed by atoms with van der Waals surface area (Å²) in [7, 11) is 1.74. The average Bonchev–Trinajstić information content (AvgIpc) is 2.26. The molecular formula is C15H26N2O. The first-order valence-corrected chi connectivity index (χ1v) is 6.45. The molecule has 0 saturated carbocycles. The Kier molecular flexibility index (Phi) is 5.32. The van der Waals surface area contributed by atoms with Crippen LogP contribution in [-0.2, 0) is 11.2 Å². The van der Waals surface area contributed by atoms with Gasteiger partial charge in [0.05, 0.1) is 5.60 Å². The minimum absolute atomic E-state index is 0.157. The number of rotatable bonds is 6. The van der Waals surface area contributed by atoms with Crippen molar-refractivity contribution in [2.75, 3.05) is 7.11 Å². The highest BCUT2D eigenvalue weighted by Gasteiger charge is 2.22. The summed E-state index contributed by atoms with van der Waals surface area (Å²) >= 11 is 0. The summed E-state index contributed by atoms with van der Waals surface area (Å²) in [6.45, 7) is 8.42. The van der Waals surface area contributed by atoms with Gasteiger partial charge in [-0.1, -0.05) is 29.3 Å². The van der Waals surface area contributed by atoms with Crippen LogP contribution in [0.4, 0.5) is 0 Å². The van der Waals surface area contributed by atoms with Crippen molar-refractivity contribution >= 4 is 0 Å². The highest BCUT2D eigenvalue weighted by molar-refractivity contribution is 5.29. The zero-order chi connectivity index (χ0) is 13.8. The summed E-state index contributed by atoms with van der Waals surface area (Å²) in [6.07, 6.45) is 1.80. The Bertz CT molecular complexity index is 368. The van der Waals surface area contributed by atoms with Gasteiger partial charge in [0.25, 0.3) is 0 Å². The molecule has 1 rings (SSSR count). The van der Waals surface area contributed by atoms with Gasteiger partial charge in [-0.25, -0.2) is 0 Å². The molecule has 0 spiro atoms. The van der Waals surface area contributed by atoms with Crippen LogP contribution < -0.4 is 11.3 Å². The van der Waals surface area contributed by atoms with Crippen LogP contribution in [0.5, 0.6) is 0 Å². The van der Waals surface area contributed by atoms with E-state index in [4.69, 9.17) is 10.6 Å². The molecule has 0 aliphatic rings. The lowest BCUT2D eigenvalue weighted by Gasteiger charge is -2.28. The second-order valence-corrected chi connectivity index (χ2v) is 5.73.